The number of halogens is 2. The molecule has 19 heavy (non-hydrogen) atoms. The Kier molecular flexibility index (Phi) is 4.56. The number of benzene rings is 1. The summed E-state index contributed by atoms with van der Waals surface area (Å²) in [5, 5.41) is 0.694. The number of carbonyl (C=O) groups is 1. The predicted molar refractivity (Wildman–Crippen MR) is 78.1 cm³/mol. The second kappa shape index (κ2) is 6.18. The van der Waals surface area contributed by atoms with Crippen LogP contribution in [0, 0.1) is 0 Å². The second-order valence-corrected chi connectivity index (χ2v) is 5.11. The minimum absolute atomic E-state index is 0.181. The average molecular weight is 294 g/mol. The quantitative estimate of drug-likeness (QED) is 0.773. The van der Waals surface area contributed by atoms with Crippen molar-refractivity contribution in [2.45, 2.75) is 19.8 Å². The normalized spacial score (nSPS) is 10.5. The van der Waals surface area contributed by atoms with Crippen molar-refractivity contribution >= 4 is 29.0 Å². The highest BCUT2D eigenvalue weighted by molar-refractivity contribution is 6.37. The SMILES string of the molecule is CCCc1cccc(C(=O)c2ncc(Cl)cc2Cl)c1. The summed E-state index contributed by atoms with van der Waals surface area (Å²) in [6, 6.07) is 9.07. The lowest BCUT2D eigenvalue weighted by Gasteiger charge is -2.05. The molecule has 1 aromatic heterocycles. The molecule has 1 heterocycles. The van der Waals surface area contributed by atoms with E-state index < -0.39 is 0 Å². The summed E-state index contributed by atoms with van der Waals surface area (Å²) < 4.78 is 0. The Morgan fingerprint density at radius 1 is 1.26 bits per heavy atom. The molecule has 0 bridgehead atoms. The first-order valence-corrected chi connectivity index (χ1v) is 6.82. The van der Waals surface area contributed by atoms with Crippen molar-refractivity contribution in [1.29, 1.82) is 0 Å². The van der Waals surface area contributed by atoms with Crippen LogP contribution in [0.25, 0.3) is 0 Å². The highest BCUT2D eigenvalue weighted by Crippen LogP contribution is 2.21. The standard InChI is InChI=1S/C15H13Cl2NO/c1-2-4-10-5-3-6-11(7-10)15(19)14-13(17)8-12(16)9-18-14/h3,5-9H,2,4H2,1H3. The van der Waals surface area contributed by atoms with Gasteiger partial charge in [0.15, 0.2) is 0 Å². The second-order valence-electron chi connectivity index (χ2n) is 4.26. The van der Waals surface area contributed by atoms with Crippen LogP contribution in [0.5, 0.6) is 0 Å². The van der Waals surface area contributed by atoms with E-state index in [0.717, 1.165) is 18.4 Å². The summed E-state index contributed by atoms with van der Waals surface area (Å²) >= 11 is 11.8. The van der Waals surface area contributed by atoms with Crippen LogP contribution < -0.4 is 0 Å². The zero-order valence-electron chi connectivity index (χ0n) is 10.5. The number of hydrogen-bond acceptors (Lipinski definition) is 2. The molecule has 2 nitrogen and oxygen atoms in total. The number of nitrogens with zero attached hydrogens (tertiary/aromatic N) is 1. The molecule has 0 atom stereocenters. The van der Waals surface area contributed by atoms with Crippen molar-refractivity contribution in [2.75, 3.05) is 0 Å². The van der Waals surface area contributed by atoms with Crippen LogP contribution in [0.4, 0.5) is 0 Å². The number of aromatic nitrogens is 1. The van der Waals surface area contributed by atoms with Gasteiger partial charge in [-0.05, 0) is 24.1 Å². The van der Waals surface area contributed by atoms with E-state index in [1.165, 1.54) is 12.3 Å². The van der Waals surface area contributed by atoms with Gasteiger partial charge in [-0.25, -0.2) is 4.98 Å². The highest BCUT2D eigenvalue weighted by Gasteiger charge is 2.15. The number of hydrogen-bond donors (Lipinski definition) is 0. The molecule has 4 heteroatoms. The van der Waals surface area contributed by atoms with Crippen LogP contribution in [-0.2, 0) is 6.42 Å². The fourth-order valence-electron chi connectivity index (χ4n) is 1.88. The highest BCUT2D eigenvalue weighted by atomic mass is 35.5. The Hall–Kier alpha value is -1.38. The van der Waals surface area contributed by atoms with Gasteiger partial charge in [-0.2, -0.15) is 0 Å². The molecular weight excluding hydrogens is 281 g/mol. The summed E-state index contributed by atoms with van der Waals surface area (Å²) in [7, 11) is 0. The Labute approximate surface area is 122 Å². The first kappa shape index (κ1) is 14.0. The molecule has 0 saturated heterocycles. The van der Waals surface area contributed by atoms with Gasteiger partial charge in [-0.15, -0.1) is 0 Å². The van der Waals surface area contributed by atoms with Gasteiger partial charge in [0.25, 0.3) is 0 Å². The van der Waals surface area contributed by atoms with Gasteiger partial charge in [0.1, 0.15) is 5.69 Å². The molecule has 0 amide bonds. The molecule has 0 N–H and O–H groups in total. The van der Waals surface area contributed by atoms with E-state index in [1.807, 2.05) is 18.2 Å². The third kappa shape index (κ3) is 3.34. The zero-order chi connectivity index (χ0) is 13.8. The van der Waals surface area contributed by atoms with Crippen LogP contribution in [0.3, 0.4) is 0 Å². The first-order valence-electron chi connectivity index (χ1n) is 6.06. The number of pyridine rings is 1. The van der Waals surface area contributed by atoms with Gasteiger partial charge < -0.3 is 0 Å². The van der Waals surface area contributed by atoms with E-state index in [1.54, 1.807) is 6.07 Å². The third-order valence-corrected chi connectivity index (χ3v) is 3.25. The minimum Gasteiger partial charge on any atom is -0.287 e. The zero-order valence-corrected chi connectivity index (χ0v) is 12.0. The first-order chi connectivity index (χ1) is 9.11. The molecule has 0 aliphatic heterocycles. The van der Waals surface area contributed by atoms with E-state index in [9.17, 15) is 4.79 Å². The van der Waals surface area contributed by atoms with Crippen molar-refractivity contribution in [3.05, 3.63) is 63.4 Å². The van der Waals surface area contributed by atoms with E-state index in [4.69, 9.17) is 23.2 Å². The smallest absolute Gasteiger partial charge is 0.212 e. The van der Waals surface area contributed by atoms with Gasteiger partial charge in [-0.1, -0.05) is 54.7 Å². The lowest BCUT2D eigenvalue weighted by molar-refractivity contribution is 0.103. The van der Waals surface area contributed by atoms with Gasteiger partial charge in [0.2, 0.25) is 5.78 Å². The molecule has 0 fully saturated rings. The van der Waals surface area contributed by atoms with Crippen molar-refractivity contribution < 1.29 is 4.79 Å². The molecule has 0 saturated carbocycles. The van der Waals surface area contributed by atoms with Crippen LogP contribution in [0.1, 0.15) is 35.0 Å². The number of ketones is 1. The maximum absolute atomic E-state index is 12.3. The van der Waals surface area contributed by atoms with Gasteiger partial charge >= 0.3 is 0 Å². The maximum Gasteiger partial charge on any atom is 0.212 e. The van der Waals surface area contributed by atoms with Gasteiger partial charge in [-0.3, -0.25) is 4.79 Å². The molecule has 2 rings (SSSR count). The lowest BCUT2D eigenvalue weighted by atomic mass is 10.0. The fourth-order valence-corrected chi connectivity index (χ4v) is 2.34. The topological polar surface area (TPSA) is 30.0 Å². The molecule has 0 aliphatic carbocycles. The third-order valence-electron chi connectivity index (χ3n) is 2.75. The van der Waals surface area contributed by atoms with E-state index in [2.05, 4.69) is 11.9 Å². The average Bonchev–Trinajstić information content (AvgIpc) is 2.39. The molecule has 0 radical (unpaired) electrons. The summed E-state index contributed by atoms with van der Waals surface area (Å²) in [6.45, 7) is 2.10. The van der Waals surface area contributed by atoms with Crippen LogP contribution in [0.2, 0.25) is 10.0 Å². The van der Waals surface area contributed by atoms with Crippen LogP contribution >= 0.6 is 23.2 Å². The van der Waals surface area contributed by atoms with Crippen LogP contribution in [-0.4, -0.2) is 10.8 Å². The molecule has 1 aromatic carbocycles. The van der Waals surface area contributed by atoms with E-state index >= 15 is 0 Å². The molecule has 0 unspecified atom stereocenters. The molecular formula is C15H13Cl2NO. The summed E-state index contributed by atoms with van der Waals surface area (Å²) in [5.74, 6) is -0.181. The number of rotatable bonds is 4. The summed E-state index contributed by atoms with van der Waals surface area (Å²) in [5.41, 5.74) is 1.97. The Morgan fingerprint density at radius 2 is 2.05 bits per heavy atom. The number of aryl methyl sites for hydroxylation is 1. The summed E-state index contributed by atoms with van der Waals surface area (Å²) in [6.07, 6.45) is 3.41. The lowest BCUT2D eigenvalue weighted by Crippen LogP contribution is -2.05. The van der Waals surface area contributed by atoms with E-state index in [-0.39, 0.29) is 16.5 Å². The Bertz CT molecular complexity index is 611. The van der Waals surface area contributed by atoms with Gasteiger partial charge in [0.05, 0.1) is 10.0 Å². The maximum atomic E-state index is 12.3. The fraction of sp³-hybridized carbons (Fsp3) is 0.200. The predicted octanol–water partition coefficient (Wildman–Crippen LogP) is 4.57. The molecule has 98 valence electrons. The number of carbonyl (C=O) groups excluding carboxylic acids is 1. The molecule has 2 aromatic rings. The summed E-state index contributed by atoms with van der Waals surface area (Å²) in [4.78, 5) is 16.4. The van der Waals surface area contributed by atoms with Crippen molar-refractivity contribution in [3.8, 4) is 0 Å². The van der Waals surface area contributed by atoms with Crippen molar-refractivity contribution in [1.82, 2.24) is 4.98 Å². The van der Waals surface area contributed by atoms with Gasteiger partial charge in [0, 0.05) is 11.8 Å². The molecule has 0 aliphatic rings. The largest absolute Gasteiger partial charge is 0.287 e. The van der Waals surface area contributed by atoms with Crippen molar-refractivity contribution in [2.24, 2.45) is 0 Å². The minimum atomic E-state index is -0.181. The monoisotopic (exact) mass is 293 g/mol. The van der Waals surface area contributed by atoms with Crippen LogP contribution in [0.15, 0.2) is 36.5 Å². The van der Waals surface area contributed by atoms with E-state index in [0.29, 0.717) is 10.6 Å². The molecule has 0 spiro atoms. The van der Waals surface area contributed by atoms with Crippen molar-refractivity contribution in [3.63, 3.8) is 0 Å². The Morgan fingerprint density at radius 3 is 2.74 bits per heavy atom. The Balaban J connectivity index is 2.35.